The molecule has 0 radical (unpaired) electrons. The molecule has 1 aliphatic rings. The normalized spacial score (nSPS) is 14.0. The number of alkyl carbamates (subject to hydrolysis) is 1. The monoisotopic (exact) mass is 335 g/mol. The first-order valence-corrected chi connectivity index (χ1v) is 7.58. The van der Waals surface area contributed by atoms with Crippen LogP contribution in [0.2, 0.25) is 0 Å². The van der Waals surface area contributed by atoms with Crippen molar-refractivity contribution in [1.29, 1.82) is 0 Å². The van der Waals surface area contributed by atoms with Crippen molar-refractivity contribution in [3.8, 4) is 5.88 Å². The van der Waals surface area contributed by atoms with Gasteiger partial charge in [-0.25, -0.2) is 14.2 Å². The van der Waals surface area contributed by atoms with Gasteiger partial charge in [0, 0.05) is 42.2 Å². The minimum Gasteiger partial charge on any atom is -0.473 e. The second-order valence-electron chi connectivity index (χ2n) is 6.42. The Bertz CT molecular complexity index is 666. The Labute approximate surface area is 140 Å². The highest BCUT2D eigenvalue weighted by Crippen LogP contribution is 2.24. The zero-order chi connectivity index (χ0) is 17.7. The maximum atomic E-state index is 12.9. The van der Waals surface area contributed by atoms with Crippen LogP contribution < -0.4 is 15.4 Å². The number of hydrogen-bond acceptors (Lipinski definition) is 5. The highest BCUT2D eigenvalue weighted by molar-refractivity contribution is 5.68. The quantitative estimate of drug-likeness (QED) is 0.866. The number of ether oxygens (including phenoxy) is 2. The summed E-state index contributed by atoms with van der Waals surface area (Å²) >= 11 is 0. The fourth-order valence-corrected chi connectivity index (χ4v) is 2.06. The third-order valence-electron chi connectivity index (χ3n) is 3.20. The lowest BCUT2D eigenvalue weighted by atomic mass is 10.1. The van der Waals surface area contributed by atoms with Crippen molar-refractivity contribution < 1.29 is 18.7 Å². The van der Waals surface area contributed by atoms with Crippen LogP contribution in [0.4, 0.5) is 9.18 Å². The molecule has 0 unspecified atom stereocenters. The summed E-state index contributed by atoms with van der Waals surface area (Å²) in [4.78, 5) is 15.7. The van der Waals surface area contributed by atoms with Crippen molar-refractivity contribution in [1.82, 2.24) is 15.6 Å². The number of hydrogen-bond donors (Lipinski definition) is 2. The van der Waals surface area contributed by atoms with Crippen LogP contribution in [-0.2, 0) is 11.3 Å². The molecule has 0 fully saturated rings. The van der Waals surface area contributed by atoms with Gasteiger partial charge in [0.2, 0.25) is 5.88 Å². The molecule has 1 aliphatic heterocycles. The third kappa shape index (κ3) is 4.97. The molecule has 0 aliphatic carbocycles. The van der Waals surface area contributed by atoms with E-state index < -0.39 is 11.7 Å². The summed E-state index contributed by atoms with van der Waals surface area (Å²) in [5, 5.41) is 5.60. The Morgan fingerprint density at radius 2 is 2.29 bits per heavy atom. The number of aromatic nitrogens is 1. The summed E-state index contributed by atoms with van der Waals surface area (Å²) in [5.41, 5.74) is 2.48. The van der Waals surface area contributed by atoms with E-state index in [2.05, 4.69) is 22.2 Å². The van der Waals surface area contributed by atoms with Crippen LogP contribution in [0.3, 0.4) is 0 Å². The third-order valence-corrected chi connectivity index (χ3v) is 3.20. The molecule has 7 heteroatoms. The van der Waals surface area contributed by atoms with Crippen molar-refractivity contribution in [2.24, 2.45) is 0 Å². The highest BCUT2D eigenvalue weighted by atomic mass is 19.1. The van der Waals surface area contributed by atoms with Crippen molar-refractivity contribution in [3.05, 3.63) is 41.9 Å². The number of halogens is 1. The second-order valence-corrected chi connectivity index (χ2v) is 6.42. The van der Waals surface area contributed by atoms with Gasteiger partial charge in [-0.2, -0.15) is 0 Å². The highest BCUT2D eigenvalue weighted by Gasteiger charge is 2.17. The van der Waals surface area contributed by atoms with Crippen LogP contribution in [-0.4, -0.2) is 29.8 Å². The van der Waals surface area contributed by atoms with E-state index in [9.17, 15) is 9.18 Å². The predicted molar refractivity (Wildman–Crippen MR) is 89.0 cm³/mol. The van der Waals surface area contributed by atoms with E-state index in [0.717, 1.165) is 16.8 Å². The molecule has 1 aromatic rings. The molecule has 0 aromatic carbocycles. The van der Waals surface area contributed by atoms with Crippen LogP contribution >= 0.6 is 0 Å². The minimum absolute atomic E-state index is 0.00524. The maximum absolute atomic E-state index is 12.9. The lowest BCUT2D eigenvalue weighted by Gasteiger charge is -2.20. The zero-order valence-electron chi connectivity index (χ0n) is 14.1. The fourth-order valence-electron chi connectivity index (χ4n) is 2.06. The molecule has 130 valence electrons. The summed E-state index contributed by atoms with van der Waals surface area (Å²) in [5.74, 6) is 0.391. The van der Waals surface area contributed by atoms with E-state index in [1.807, 2.05) is 0 Å². The van der Waals surface area contributed by atoms with Crippen molar-refractivity contribution >= 4 is 11.8 Å². The van der Waals surface area contributed by atoms with Gasteiger partial charge in [-0.1, -0.05) is 6.58 Å². The number of carbonyl (C=O) groups excluding carboxylic acids is 1. The Balaban J connectivity index is 1.84. The molecule has 2 N–H and O–H groups in total. The lowest BCUT2D eigenvalue weighted by Crippen LogP contribution is -2.34. The van der Waals surface area contributed by atoms with Gasteiger partial charge in [0.15, 0.2) is 0 Å². The maximum Gasteiger partial charge on any atom is 0.407 e. The van der Waals surface area contributed by atoms with Crippen LogP contribution in [0.5, 0.6) is 5.88 Å². The molecule has 0 saturated carbocycles. The number of nitrogens with zero attached hydrogens (tertiary/aromatic N) is 1. The number of amides is 1. The largest absolute Gasteiger partial charge is 0.473 e. The molecule has 24 heavy (non-hydrogen) atoms. The van der Waals surface area contributed by atoms with Gasteiger partial charge in [0.25, 0.3) is 0 Å². The topological polar surface area (TPSA) is 72.5 Å². The van der Waals surface area contributed by atoms with Crippen LogP contribution in [0.25, 0.3) is 5.70 Å². The summed E-state index contributed by atoms with van der Waals surface area (Å²) < 4.78 is 23.5. The average Bonchev–Trinajstić information content (AvgIpc) is 2.86. The summed E-state index contributed by atoms with van der Waals surface area (Å²) in [6.07, 6.45) is 1.47. The molecule has 2 heterocycles. The molecule has 1 aromatic heterocycles. The Kier molecular flexibility index (Phi) is 5.43. The Hall–Kier alpha value is -2.57. The van der Waals surface area contributed by atoms with Crippen LogP contribution in [0.15, 0.2) is 30.7 Å². The zero-order valence-corrected chi connectivity index (χ0v) is 14.1. The summed E-state index contributed by atoms with van der Waals surface area (Å²) in [6.45, 7) is 9.78. The molecular formula is C17H22FN3O3. The number of fused-ring (bicyclic) bond motifs is 1. The summed E-state index contributed by atoms with van der Waals surface area (Å²) in [7, 11) is 0. The molecule has 6 nitrogen and oxygen atoms in total. The predicted octanol–water partition coefficient (Wildman–Crippen LogP) is 2.91. The summed E-state index contributed by atoms with van der Waals surface area (Å²) in [6, 6.07) is 1.79. The van der Waals surface area contributed by atoms with Gasteiger partial charge in [0.1, 0.15) is 12.2 Å². The number of nitrogens with one attached hydrogen (secondary N) is 2. The number of pyridine rings is 1. The van der Waals surface area contributed by atoms with E-state index in [1.165, 1.54) is 0 Å². The van der Waals surface area contributed by atoms with E-state index in [1.54, 1.807) is 33.0 Å². The molecule has 0 saturated heterocycles. The fraction of sp³-hybridized carbons (Fsp3) is 0.412. The van der Waals surface area contributed by atoms with Crippen LogP contribution in [0.1, 0.15) is 31.9 Å². The molecule has 2 rings (SSSR count). The van der Waals surface area contributed by atoms with E-state index in [0.29, 0.717) is 18.8 Å². The first-order chi connectivity index (χ1) is 11.3. The molecular weight excluding hydrogens is 313 g/mol. The van der Waals surface area contributed by atoms with Crippen molar-refractivity contribution in [3.63, 3.8) is 0 Å². The lowest BCUT2D eigenvalue weighted by molar-refractivity contribution is 0.0531. The SMILES string of the molecule is C=C1NCc2cc(OC/C(=C/F)CNC(=O)OC(C)(C)C)ncc21. The second kappa shape index (κ2) is 7.33. The van der Waals surface area contributed by atoms with E-state index in [4.69, 9.17) is 9.47 Å². The number of carbonyl (C=O) groups is 1. The number of rotatable bonds is 5. The van der Waals surface area contributed by atoms with Gasteiger partial charge in [0.05, 0.1) is 6.33 Å². The Morgan fingerprint density at radius 3 is 2.96 bits per heavy atom. The molecule has 0 atom stereocenters. The van der Waals surface area contributed by atoms with Gasteiger partial charge in [-0.3, -0.25) is 0 Å². The average molecular weight is 335 g/mol. The minimum atomic E-state index is -0.609. The standard InChI is InChI=1S/C17H22FN3O3/c1-11-14-9-20-15(5-13(14)8-19-11)23-10-12(6-18)7-21-16(22)24-17(2,3)4/h5-6,9,19H,1,7-8,10H2,2-4H3,(H,21,22)/b12-6+. The molecule has 0 spiro atoms. The van der Waals surface area contributed by atoms with Crippen molar-refractivity contribution in [2.75, 3.05) is 13.2 Å². The van der Waals surface area contributed by atoms with E-state index >= 15 is 0 Å². The first kappa shape index (κ1) is 17.8. The van der Waals surface area contributed by atoms with Gasteiger partial charge >= 0.3 is 6.09 Å². The first-order valence-electron chi connectivity index (χ1n) is 7.58. The van der Waals surface area contributed by atoms with Crippen LogP contribution in [0, 0.1) is 0 Å². The van der Waals surface area contributed by atoms with E-state index in [-0.39, 0.29) is 18.7 Å². The molecule has 0 bridgehead atoms. The van der Waals surface area contributed by atoms with Gasteiger partial charge < -0.3 is 20.1 Å². The molecule has 1 amide bonds. The van der Waals surface area contributed by atoms with Gasteiger partial charge in [-0.15, -0.1) is 0 Å². The smallest absolute Gasteiger partial charge is 0.407 e. The Morgan fingerprint density at radius 1 is 1.54 bits per heavy atom. The van der Waals surface area contributed by atoms with Gasteiger partial charge in [-0.05, 0) is 26.3 Å². The van der Waals surface area contributed by atoms with Crippen molar-refractivity contribution in [2.45, 2.75) is 32.9 Å².